The van der Waals surface area contributed by atoms with Crippen molar-refractivity contribution in [3.05, 3.63) is 60.7 Å². The van der Waals surface area contributed by atoms with Crippen LogP contribution in [0, 0.1) is 0 Å². The lowest BCUT2D eigenvalue weighted by Crippen LogP contribution is -1.97. The Hall–Kier alpha value is -3.45. The van der Waals surface area contributed by atoms with Gasteiger partial charge >= 0.3 is 5.97 Å². The van der Waals surface area contributed by atoms with E-state index in [4.69, 9.17) is 9.52 Å². The molecule has 7 heteroatoms. The second kappa shape index (κ2) is 6.86. The molecule has 0 saturated heterocycles. The molecule has 2 N–H and O–H groups in total. The van der Waals surface area contributed by atoms with Gasteiger partial charge in [-0.3, -0.25) is 9.89 Å². The Bertz CT molecular complexity index is 1360. The minimum absolute atomic E-state index is 0.0290. The first-order valence-electron chi connectivity index (χ1n) is 9.08. The number of rotatable bonds is 5. The van der Waals surface area contributed by atoms with Gasteiger partial charge in [0.25, 0.3) is 0 Å². The number of aromatic amines is 1. The second-order valence-electron chi connectivity index (χ2n) is 6.77. The Kier molecular flexibility index (Phi) is 4.17. The van der Waals surface area contributed by atoms with E-state index < -0.39 is 5.97 Å². The molecule has 0 radical (unpaired) electrons. The number of aliphatic carboxylic acids is 1. The second-order valence-corrected chi connectivity index (χ2v) is 7.77. The number of thioether (sulfide) groups is 1. The van der Waals surface area contributed by atoms with E-state index >= 15 is 0 Å². The van der Waals surface area contributed by atoms with Gasteiger partial charge in [0, 0.05) is 40.5 Å². The van der Waals surface area contributed by atoms with Gasteiger partial charge in [-0.05, 0) is 24.3 Å². The summed E-state index contributed by atoms with van der Waals surface area (Å²) in [5.74, 6) is 0.524. The molecule has 2 aromatic carbocycles. The fourth-order valence-corrected chi connectivity index (χ4v) is 4.17. The van der Waals surface area contributed by atoms with E-state index in [0.717, 1.165) is 22.5 Å². The maximum Gasteiger partial charge on any atom is 0.313 e. The number of furan rings is 1. The molecule has 0 unspecified atom stereocenters. The van der Waals surface area contributed by atoms with Gasteiger partial charge in [-0.2, -0.15) is 5.10 Å². The third kappa shape index (κ3) is 3.09. The molecule has 3 heterocycles. The number of carboxylic acids is 1. The monoisotopic (exact) mass is 403 g/mol. The number of aromatic nitrogens is 3. The van der Waals surface area contributed by atoms with Crippen LogP contribution in [0.5, 0.6) is 0 Å². The molecule has 29 heavy (non-hydrogen) atoms. The standard InChI is InChI=1S/C22H17N3O3S/c1-25-17-5-3-2-4-14(17)15-7-6-13(10-18(15)25)19-8-9-20(28-19)16-11-21(24-23-16)29-12-22(26)27/h2-11H,12H2,1H3,(H,23,24)(H,26,27). The fourth-order valence-electron chi connectivity index (χ4n) is 3.59. The lowest BCUT2D eigenvalue weighted by atomic mass is 10.1. The number of para-hydroxylation sites is 1. The molecule has 0 saturated carbocycles. The van der Waals surface area contributed by atoms with Gasteiger partial charge in [-0.15, -0.1) is 0 Å². The quantitative estimate of drug-likeness (QED) is 0.396. The zero-order chi connectivity index (χ0) is 20.0. The summed E-state index contributed by atoms with van der Waals surface area (Å²) in [4.78, 5) is 10.7. The minimum Gasteiger partial charge on any atom is -0.481 e. The lowest BCUT2D eigenvalue weighted by molar-refractivity contribution is -0.133. The highest BCUT2D eigenvalue weighted by atomic mass is 32.2. The van der Waals surface area contributed by atoms with Gasteiger partial charge in [0.15, 0.2) is 5.76 Å². The normalized spacial score (nSPS) is 11.5. The van der Waals surface area contributed by atoms with Crippen molar-refractivity contribution < 1.29 is 14.3 Å². The molecule has 144 valence electrons. The first-order chi connectivity index (χ1) is 14.1. The molecule has 0 bridgehead atoms. The molecular weight excluding hydrogens is 386 g/mol. The van der Waals surface area contributed by atoms with Gasteiger partial charge in [-0.1, -0.05) is 42.1 Å². The number of carbonyl (C=O) groups is 1. The van der Waals surface area contributed by atoms with Crippen LogP contribution in [0.2, 0.25) is 0 Å². The van der Waals surface area contributed by atoms with E-state index in [1.165, 1.54) is 28.1 Å². The molecule has 5 rings (SSSR count). The van der Waals surface area contributed by atoms with Crippen molar-refractivity contribution >= 4 is 39.5 Å². The predicted octanol–water partition coefficient (Wildman–Crippen LogP) is 5.16. The van der Waals surface area contributed by atoms with Crippen molar-refractivity contribution in [2.45, 2.75) is 5.03 Å². The Labute approximate surface area is 170 Å². The zero-order valence-corrected chi connectivity index (χ0v) is 16.4. The van der Waals surface area contributed by atoms with Crippen molar-refractivity contribution in [2.24, 2.45) is 7.05 Å². The molecule has 0 aliphatic carbocycles. The molecule has 0 aliphatic heterocycles. The highest BCUT2D eigenvalue weighted by Gasteiger charge is 2.13. The van der Waals surface area contributed by atoms with Crippen LogP contribution in [-0.2, 0) is 11.8 Å². The molecule has 0 atom stereocenters. The minimum atomic E-state index is -0.872. The van der Waals surface area contributed by atoms with E-state index in [1.54, 1.807) is 6.07 Å². The Morgan fingerprint density at radius 3 is 2.72 bits per heavy atom. The Balaban J connectivity index is 1.49. The van der Waals surface area contributed by atoms with E-state index in [9.17, 15) is 4.79 Å². The Morgan fingerprint density at radius 2 is 1.86 bits per heavy atom. The third-order valence-corrected chi connectivity index (χ3v) is 5.86. The molecule has 0 amide bonds. The van der Waals surface area contributed by atoms with Gasteiger partial charge in [0.05, 0.1) is 5.75 Å². The SMILES string of the molecule is Cn1c2ccccc2c2ccc(-c3ccc(-c4cc(SCC(=O)O)n[nH]4)o3)cc21. The van der Waals surface area contributed by atoms with Crippen molar-refractivity contribution in [1.29, 1.82) is 0 Å². The van der Waals surface area contributed by atoms with Crippen LogP contribution in [0.1, 0.15) is 0 Å². The molecule has 0 fully saturated rings. The van der Waals surface area contributed by atoms with Crippen LogP contribution >= 0.6 is 11.8 Å². The van der Waals surface area contributed by atoms with Crippen LogP contribution in [0.15, 0.2) is 70.1 Å². The van der Waals surface area contributed by atoms with Crippen molar-refractivity contribution in [2.75, 3.05) is 5.75 Å². The first-order valence-corrected chi connectivity index (χ1v) is 10.1. The molecule has 3 aromatic heterocycles. The van der Waals surface area contributed by atoms with E-state index in [-0.39, 0.29) is 5.75 Å². The highest BCUT2D eigenvalue weighted by Crippen LogP contribution is 2.34. The number of carboxylic acid groups (broad SMARTS) is 1. The smallest absolute Gasteiger partial charge is 0.313 e. The molecular formula is C22H17N3O3S. The van der Waals surface area contributed by atoms with Gasteiger partial charge in [-0.25, -0.2) is 0 Å². The number of hydrogen-bond donors (Lipinski definition) is 2. The third-order valence-electron chi connectivity index (χ3n) is 4.97. The van der Waals surface area contributed by atoms with Crippen LogP contribution in [0.25, 0.3) is 44.6 Å². The predicted molar refractivity (Wildman–Crippen MR) is 114 cm³/mol. The molecule has 0 aliphatic rings. The lowest BCUT2D eigenvalue weighted by Gasteiger charge is -2.01. The highest BCUT2D eigenvalue weighted by molar-refractivity contribution is 7.99. The summed E-state index contributed by atoms with van der Waals surface area (Å²) in [5, 5.41) is 18.9. The van der Waals surface area contributed by atoms with Crippen LogP contribution in [0.3, 0.4) is 0 Å². The number of nitrogens with one attached hydrogen (secondary N) is 1. The number of nitrogens with zero attached hydrogens (tertiary/aromatic N) is 2. The maximum absolute atomic E-state index is 10.7. The topological polar surface area (TPSA) is 84.0 Å². The summed E-state index contributed by atoms with van der Waals surface area (Å²) in [6.07, 6.45) is 0. The largest absolute Gasteiger partial charge is 0.481 e. The molecule has 0 spiro atoms. The molecule has 6 nitrogen and oxygen atoms in total. The summed E-state index contributed by atoms with van der Waals surface area (Å²) in [6.45, 7) is 0. The van der Waals surface area contributed by atoms with Crippen LogP contribution in [0.4, 0.5) is 0 Å². The zero-order valence-electron chi connectivity index (χ0n) is 15.5. The van der Waals surface area contributed by atoms with Crippen molar-refractivity contribution in [3.8, 4) is 22.8 Å². The average Bonchev–Trinajstić information content (AvgIpc) is 3.45. The number of fused-ring (bicyclic) bond motifs is 3. The summed E-state index contributed by atoms with van der Waals surface area (Å²) >= 11 is 1.17. The number of benzene rings is 2. The van der Waals surface area contributed by atoms with E-state index in [0.29, 0.717) is 10.8 Å². The average molecular weight is 403 g/mol. The number of hydrogen-bond acceptors (Lipinski definition) is 4. The van der Waals surface area contributed by atoms with Gasteiger partial charge in [0.1, 0.15) is 16.5 Å². The maximum atomic E-state index is 10.7. The summed E-state index contributed by atoms with van der Waals surface area (Å²) in [5.41, 5.74) is 4.06. The summed E-state index contributed by atoms with van der Waals surface area (Å²) in [6, 6.07) is 20.3. The number of aryl methyl sites for hydroxylation is 1. The number of H-pyrrole nitrogens is 1. The van der Waals surface area contributed by atoms with Crippen LogP contribution in [-0.4, -0.2) is 31.6 Å². The van der Waals surface area contributed by atoms with E-state index in [2.05, 4.69) is 58.2 Å². The van der Waals surface area contributed by atoms with E-state index in [1.807, 2.05) is 18.2 Å². The van der Waals surface area contributed by atoms with Gasteiger partial charge in [0.2, 0.25) is 0 Å². The first kappa shape index (κ1) is 17.6. The van der Waals surface area contributed by atoms with Crippen molar-refractivity contribution in [1.82, 2.24) is 14.8 Å². The fraction of sp³-hybridized carbons (Fsp3) is 0.0909. The summed E-state index contributed by atoms with van der Waals surface area (Å²) in [7, 11) is 2.07. The Morgan fingerprint density at radius 1 is 1.07 bits per heavy atom. The van der Waals surface area contributed by atoms with Gasteiger partial charge < -0.3 is 14.1 Å². The van der Waals surface area contributed by atoms with Crippen LogP contribution < -0.4 is 0 Å². The van der Waals surface area contributed by atoms with Crippen molar-refractivity contribution in [3.63, 3.8) is 0 Å². The molecule has 5 aromatic rings. The summed E-state index contributed by atoms with van der Waals surface area (Å²) < 4.78 is 8.24.